The molecule has 0 N–H and O–H groups in total. The highest BCUT2D eigenvalue weighted by atomic mass is 32.2. The standard InChI is InChI=1S/C37H58N2O3S/c1-7-9-11-12-13-14-15-16-17-18-19-20-21-27-38(26-10-8-2)30-22-24-32-34(28-30)43-35-29-31(41-6)23-25-33(35)39(32)36(40)42-37(3,4)5/h22-25,28-29H,7-21,26-27H2,1-6H3. The molecule has 0 atom stereocenters. The molecule has 5 nitrogen and oxygen atoms in total. The highest BCUT2D eigenvalue weighted by molar-refractivity contribution is 7.99. The van der Waals surface area contributed by atoms with E-state index in [9.17, 15) is 4.79 Å². The Kier molecular flexibility index (Phi) is 15.1. The van der Waals surface area contributed by atoms with Crippen molar-refractivity contribution in [2.45, 2.75) is 146 Å². The molecule has 1 heterocycles. The summed E-state index contributed by atoms with van der Waals surface area (Å²) in [5, 5.41) is 0. The van der Waals surface area contributed by atoms with Crippen LogP contribution < -0.4 is 14.5 Å². The minimum atomic E-state index is -0.584. The maximum absolute atomic E-state index is 13.5. The Morgan fingerprint density at radius 1 is 0.721 bits per heavy atom. The van der Waals surface area contributed by atoms with Crippen molar-refractivity contribution in [2.24, 2.45) is 0 Å². The third-order valence-electron chi connectivity index (χ3n) is 8.07. The fourth-order valence-corrected chi connectivity index (χ4v) is 6.77. The first-order chi connectivity index (χ1) is 20.8. The molecule has 2 aromatic carbocycles. The highest BCUT2D eigenvalue weighted by Gasteiger charge is 2.32. The van der Waals surface area contributed by atoms with E-state index < -0.39 is 5.60 Å². The third kappa shape index (κ3) is 11.6. The van der Waals surface area contributed by atoms with Crippen molar-refractivity contribution in [3.8, 4) is 5.75 Å². The van der Waals surface area contributed by atoms with Crippen molar-refractivity contribution in [1.82, 2.24) is 0 Å². The van der Waals surface area contributed by atoms with Crippen LogP contribution in [-0.2, 0) is 4.74 Å². The Balaban J connectivity index is 1.60. The largest absolute Gasteiger partial charge is 0.497 e. The quantitative estimate of drug-likeness (QED) is 0.148. The summed E-state index contributed by atoms with van der Waals surface area (Å²) in [6.07, 6.45) is 19.8. The Morgan fingerprint density at radius 3 is 1.79 bits per heavy atom. The van der Waals surface area contributed by atoms with Crippen LogP contribution >= 0.6 is 11.8 Å². The van der Waals surface area contributed by atoms with Crippen LogP contribution in [0.1, 0.15) is 131 Å². The van der Waals surface area contributed by atoms with Crippen LogP contribution in [0.4, 0.5) is 21.9 Å². The summed E-state index contributed by atoms with van der Waals surface area (Å²) in [5.74, 6) is 0.780. The van der Waals surface area contributed by atoms with Gasteiger partial charge in [0.15, 0.2) is 0 Å². The van der Waals surface area contributed by atoms with E-state index in [1.807, 2.05) is 39.0 Å². The van der Waals surface area contributed by atoms with E-state index in [-0.39, 0.29) is 6.09 Å². The van der Waals surface area contributed by atoms with E-state index in [2.05, 4.69) is 36.9 Å². The monoisotopic (exact) mass is 610 g/mol. The van der Waals surface area contributed by atoms with Crippen LogP contribution in [0, 0.1) is 0 Å². The number of rotatable bonds is 19. The number of nitrogens with zero attached hydrogens (tertiary/aromatic N) is 2. The minimum Gasteiger partial charge on any atom is -0.497 e. The molecule has 240 valence electrons. The molecule has 0 spiro atoms. The number of hydrogen-bond donors (Lipinski definition) is 0. The number of ether oxygens (including phenoxy) is 2. The van der Waals surface area contributed by atoms with Gasteiger partial charge in [-0.05, 0) is 70.0 Å². The molecule has 2 aromatic rings. The van der Waals surface area contributed by atoms with E-state index in [0.717, 1.165) is 40.0 Å². The Labute approximate surface area is 267 Å². The normalized spacial score (nSPS) is 12.6. The zero-order valence-electron chi connectivity index (χ0n) is 28.0. The topological polar surface area (TPSA) is 42.0 Å². The molecule has 6 heteroatoms. The van der Waals surface area contributed by atoms with Gasteiger partial charge in [-0.3, -0.25) is 0 Å². The summed E-state index contributed by atoms with van der Waals surface area (Å²) in [7, 11) is 1.68. The van der Waals surface area contributed by atoms with Gasteiger partial charge in [0.05, 0.1) is 18.5 Å². The molecule has 1 aliphatic rings. The Morgan fingerprint density at radius 2 is 1.23 bits per heavy atom. The second-order valence-electron chi connectivity index (χ2n) is 13.0. The van der Waals surface area contributed by atoms with Crippen LogP contribution in [0.3, 0.4) is 0 Å². The predicted octanol–water partition coefficient (Wildman–Crippen LogP) is 11.9. The van der Waals surface area contributed by atoms with Gasteiger partial charge in [-0.25, -0.2) is 9.69 Å². The number of carbonyl (C=O) groups is 1. The number of amides is 1. The van der Waals surface area contributed by atoms with Gasteiger partial charge in [-0.15, -0.1) is 0 Å². The summed E-state index contributed by atoms with van der Waals surface area (Å²) >= 11 is 1.70. The first kappa shape index (κ1) is 35.1. The number of methoxy groups -OCH3 is 1. The fourth-order valence-electron chi connectivity index (χ4n) is 5.65. The van der Waals surface area contributed by atoms with Gasteiger partial charge in [-0.1, -0.05) is 109 Å². The first-order valence-corrected chi connectivity index (χ1v) is 17.9. The smallest absolute Gasteiger partial charge is 0.419 e. The second-order valence-corrected chi connectivity index (χ2v) is 14.1. The molecule has 0 bridgehead atoms. The molecule has 1 aliphatic heterocycles. The van der Waals surface area contributed by atoms with Crippen molar-refractivity contribution in [1.29, 1.82) is 0 Å². The summed E-state index contributed by atoms with van der Waals surface area (Å²) in [6.45, 7) is 12.4. The lowest BCUT2D eigenvalue weighted by Gasteiger charge is -2.34. The summed E-state index contributed by atoms with van der Waals surface area (Å²) in [5.41, 5.74) is 2.35. The highest BCUT2D eigenvalue weighted by Crippen LogP contribution is 2.50. The molecule has 0 radical (unpaired) electrons. The summed E-state index contributed by atoms with van der Waals surface area (Å²) in [4.78, 5) is 19.8. The van der Waals surface area contributed by atoms with Crippen LogP contribution in [0.5, 0.6) is 5.75 Å². The lowest BCUT2D eigenvalue weighted by Crippen LogP contribution is -2.35. The number of anilines is 3. The Bertz CT molecular complexity index is 1110. The number of benzene rings is 2. The number of hydrogen-bond acceptors (Lipinski definition) is 5. The van der Waals surface area contributed by atoms with Gasteiger partial charge in [0.25, 0.3) is 0 Å². The molecule has 0 saturated carbocycles. The number of carbonyl (C=O) groups excluding carboxylic acids is 1. The van der Waals surface area contributed by atoms with Gasteiger partial charge in [-0.2, -0.15) is 0 Å². The predicted molar refractivity (Wildman–Crippen MR) is 185 cm³/mol. The van der Waals surface area contributed by atoms with Gasteiger partial charge in [0.2, 0.25) is 0 Å². The zero-order chi connectivity index (χ0) is 31.1. The average Bonchev–Trinajstić information content (AvgIpc) is 2.98. The average molecular weight is 611 g/mol. The van der Waals surface area contributed by atoms with Crippen molar-refractivity contribution in [3.05, 3.63) is 36.4 Å². The lowest BCUT2D eigenvalue weighted by atomic mass is 10.0. The van der Waals surface area contributed by atoms with Gasteiger partial charge >= 0.3 is 6.09 Å². The number of unbranched alkanes of at least 4 members (excludes halogenated alkanes) is 13. The molecule has 0 aliphatic carbocycles. The van der Waals surface area contributed by atoms with E-state index in [1.54, 1.807) is 23.8 Å². The van der Waals surface area contributed by atoms with Gasteiger partial charge < -0.3 is 14.4 Å². The summed E-state index contributed by atoms with van der Waals surface area (Å²) in [6, 6.07) is 12.4. The van der Waals surface area contributed by atoms with Crippen molar-refractivity contribution >= 4 is 34.9 Å². The van der Waals surface area contributed by atoms with E-state index in [0.29, 0.717) is 0 Å². The molecule has 0 aromatic heterocycles. The molecule has 3 rings (SSSR count). The van der Waals surface area contributed by atoms with E-state index in [4.69, 9.17) is 9.47 Å². The summed E-state index contributed by atoms with van der Waals surface area (Å²) < 4.78 is 11.4. The molecule has 43 heavy (non-hydrogen) atoms. The molecule has 0 saturated heterocycles. The van der Waals surface area contributed by atoms with Crippen LogP contribution in [-0.4, -0.2) is 31.9 Å². The van der Waals surface area contributed by atoms with Crippen molar-refractivity contribution in [3.63, 3.8) is 0 Å². The van der Waals surface area contributed by atoms with Crippen LogP contribution in [0.2, 0.25) is 0 Å². The van der Waals surface area contributed by atoms with Crippen LogP contribution in [0.15, 0.2) is 46.2 Å². The minimum absolute atomic E-state index is 0.358. The number of fused-ring (bicyclic) bond motifs is 2. The van der Waals surface area contributed by atoms with Gasteiger partial charge in [0, 0.05) is 28.6 Å². The maximum Gasteiger partial charge on any atom is 0.419 e. The third-order valence-corrected chi connectivity index (χ3v) is 9.16. The molecule has 0 unspecified atom stereocenters. The van der Waals surface area contributed by atoms with Crippen molar-refractivity contribution < 1.29 is 14.3 Å². The molecule has 0 fully saturated rings. The first-order valence-electron chi connectivity index (χ1n) is 17.1. The van der Waals surface area contributed by atoms with Crippen LogP contribution in [0.25, 0.3) is 0 Å². The fraction of sp³-hybridized carbons (Fsp3) is 0.649. The molecule has 1 amide bonds. The maximum atomic E-state index is 13.5. The zero-order valence-corrected chi connectivity index (χ0v) is 28.8. The Hall–Kier alpha value is -2.34. The molecular weight excluding hydrogens is 552 g/mol. The van der Waals surface area contributed by atoms with Gasteiger partial charge in [0.1, 0.15) is 11.4 Å². The lowest BCUT2D eigenvalue weighted by molar-refractivity contribution is 0.0597. The van der Waals surface area contributed by atoms with E-state index >= 15 is 0 Å². The van der Waals surface area contributed by atoms with Crippen molar-refractivity contribution in [2.75, 3.05) is 30.0 Å². The molecular formula is C37H58N2O3S. The second kappa shape index (κ2) is 18.5. The van der Waals surface area contributed by atoms with E-state index in [1.165, 1.54) is 102 Å². The SMILES string of the molecule is CCCCCCCCCCCCCCCN(CCCC)c1ccc2c(c1)Sc1cc(OC)ccc1N2C(=O)OC(C)(C)C.